The van der Waals surface area contributed by atoms with Gasteiger partial charge in [0, 0.05) is 53.4 Å². The molecule has 2 N–H and O–H groups in total. The highest BCUT2D eigenvalue weighted by Gasteiger charge is 2.22. The maximum Gasteiger partial charge on any atom is 0.254 e. The largest absolute Gasteiger partial charge is 0.361 e. The Hall–Kier alpha value is -4.78. The summed E-state index contributed by atoms with van der Waals surface area (Å²) in [5.74, 6) is -2.06. The lowest BCUT2D eigenvalue weighted by Crippen LogP contribution is -2.34. The lowest BCUT2D eigenvalue weighted by atomic mass is 9.94. The van der Waals surface area contributed by atoms with Crippen molar-refractivity contribution in [3.8, 4) is 11.1 Å². The van der Waals surface area contributed by atoms with Gasteiger partial charge >= 0.3 is 0 Å². The van der Waals surface area contributed by atoms with Crippen LogP contribution in [0.2, 0.25) is 0 Å². The van der Waals surface area contributed by atoms with Crippen LogP contribution in [0.1, 0.15) is 45.2 Å². The molecular weight excluding hydrogens is 520 g/mol. The van der Waals surface area contributed by atoms with Gasteiger partial charge in [0.25, 0.3) is 11.8 Å². The third kappa shape index (κ3) is 6.04. The first-order valence-electron chi connectivity index (χ1n) is 13.7. The van der Waals surface area contributed by atoms with Crippen LogP contribution in [-0.2, 0) is 13.0 Å². The Morgan fingerprint density at radius 2 is 1.41 bits per heavy atom. The second-order valence-electron chi connectivity index (χ2n) is 9.88. The standard InChI is InChI=1S/C34H31F2N3O2/c1-2-19-39(20-18-23-21-37-32-17-8-7-10-24(23)32)34(41)28-14-6-4-12-26(28)25-11-3-5-13-27(25)33(40)38-22-29-30(35)15-9-16-31(29)36/h3-17,21,37H,2,18-20,22H2,1H3,(H,38,40). The smallest absolute Gasteiger partial charge is 0.254 e. The van der Waals surface area contributed by atoms with Crippen molar-refractivity contribution in [2.24, 2.45) is 0 Å². The molecule has 0 unspecified atom stereocenters. The molecule has 1 aromatic heterocycles. The number of hydrogen-bond acceptors (Lipinski definition) is 2. The molecule has 0 saturated carbocycles. The van der Waals surface area contributed by atoms with E-state index in [-0.39, 0.29) is 18.0 Å². The fourth-order valence-electron chi connectivity index (χ4n) is 5.13. The van der Waals surface area contributed by atoms with Crippen LogP contribution in [0.4, 0.5) is 8.78 Å². The van der Waals surface area contributed by atoms with E-state index in [9.17, 15) is 18.4 Å². The fourth-order valence-corrected chi connectivity index (χ4v) is 5.13. The Morgan fingerprint density at radius 3 is 2.15 bits per heavy atom. The van der Waals surface area contributed by atoms with Crippen LogP contribution in [0.15, 0.2) is 97.2 Å². The maximum absolute atomic E-state index is 14.1. The number of aromatic nitrogens is 1. The number of carbonyl (C=O) groups is 2. The van der Waals surface area contributed by atoms with Crippen LogP contribution >= 0.6 is 0 Å². The molecule has 5 rings (SSSR count). The Labute approximate surface area is 237 Å². The van der Waals surface area contributed by atoms with E-state index in [1.54, 1.807) is 30.3 Å². The summed E-state index contributed by atoms with van der Waals surface area (Å²) in [6.45, 7) is 2.87. The monoisotopic (exact) mass is 551 g/mol. The van der Waals surface area contributed by atoms with Crippen molar-refractivity contribution < 1.29 is 18.4 Å². The number of amides is 2. The van der Waals surface area contributed by atoms with Gasteiger partial charge in [0.1, 0.15) is 11.6 Å². The number of carbonyl (C=O) groups excluding carboxylic acids is 2. The van der Waals surface area contributed by atoms with E-state index in [0.717, 1.165) is 35.0 Å². The van der Waals surface area contributed by atoms with Gasteiger partial charge in [-0.2, -0.15) is 0 Å². The molecule has 0 aliphatic carbocycles. The summed E-state index contributed by atoms with van der Waals surface area (Å²) in [5.41, 5.74) is 3.99. The lowest BCUT2D eigenvalue weighted by molar-refractivity contribution is 0.0757. The van der Waals surface area contributed by atoms with Gasteiger partial charge in [-0.15, -0.1) is 0 Å². The molecule has 0 atom stereocenters. The van der Waals surface area contributed by atoms with Gasteiger partial charge in [-0.1, -0.05) is 67.6 Å². The second kappa shape index (κ2) is 12.6. The molecule has 4 aromatic carbocycles. The summed E-state index contributed by atoms with van der Waals surface area (Å²) in [6.07, 6.45) is 3.49. The minimum absolute atomic E-state index is 0.120. The third-order valence-electron chi connectivity index (χ3n) is 7.21. The number of nitrogens with zero attached hydrogens (tertiary/aromatic N) is 1. The normalized spacial score (nSPS) is 11.0. The lowest BCUT2D eigenvalue weighted by Gasteiger charge is -2.24. The Balaban J connectivity index is 1.40. The molecule has 0 radical (unpaired) electrons. The number of aromatic amines is 1. The summed E-state index contributed by atoms with van der Waals surface area (Å²) in [6, 6.07) is 25.9. The highest BCUT2D eigenvalue weighted by molar-refractivity contribution is 6.06. The second-order valence-corrected chi connectivity index (χ2v) is 9.88. The van der Waals surface area contributed by atoms with Gasteiger partial charge in [0.2, 0.25) is 0 Å². The molecule has 0 saturated heterocycles. The number of nitrogens with one attached hydrogen (secondary N) is 2. The van der Waals surface area contributed by atoms with Crippen molar-refractivity contribution in [1.82, 2.24) is 15.2 Å². The van der Waals surface area contributed by atoms with Crippen LogP contribution in [-0.4, -0.2) is 34.8 Å². The highest BCUT2D eigenvalue weighted by Crippen LogP contribution is 2.29. The molecule has 7 heteroatoms. The number of fused-ring (bicyclic) bond motifs is 1. The van der Waals surface area contributed by atoms with Crippen molar-refractivity contribution in [3.63, 3.8) is 0 Å². The van der Waals surface area contributed by atoms with Gasteiger partial charge in [-0.05, 0) is 59.9 Å². The zero-order valence-electron chi connectivity index (χ0n) is 22.8. The Kier molecular flexibility index (Phi) is 8.53. The van der Waals surface area contributed by atoms with Crippen molar-refractivity contribution >= 4 is 22.7 Å². The minimum atomic E-state index is -0.724. The van der Waals surface area contributed by atoms with Crippen LogP contribution in [0, 0.1) is 11.6 Å². The van der Waals surface area contributed by atoms with Gasteiger partial charge in [-0.3, -0.25) is 9.59 Å². The first kappa shape index (κ1) is 27.8. The van der Waals surface area contributed by atoms with E-state index >= 15 is 0 Å². The van der Waals surface area contributed by atoms with E-state index in [1.807, 2.05) is 54.4 Å². The zero-order chi connectivity index (χ0) is 28.8. The predicted molar refractivity (Wildman–Crippen MR) is 158 cm³/mol. The van der Waals surface area contributed by atoms with E-state index in [4.69, 9.17) is 0 Å². The fraction of sp³-hybridized carbons (Fsp3) is 0.176. The van der Waals surface area contributed by atoms with Crippen molar-refractivity contribution in [1.29, 1.82) is 0 Å². The average molecular weight is 552 g/mol. The molecular formula is C34H31F2N3O2. The van der Waals surface area contributed by atoms with Crippen LogP contribution in [0.5, 0.6) is 0 Å². The number of benzene rings is 4. The Morgan fingerprint density at radius 1 is 0.780 bits per heavy atom. The first-order valence-corrected chi connectivity index (χ1v) is 13.7. The third-order valence-corrected chi connectivity index (χ3v) is 7.21. The van der Waals surface area contributed by atoms with Gasteiger partial charge < -0.3 is 15.2 Å². The zero-order valence-corrected chi connectivity index (χ0v) is 22.8. The summed E-state index contributed by atoms with van der Waals surface area (Å²) in [4.78, 5) is 32.3. The van der Waals surface area contributed by atoms with Crippen LogP contribution < -0.4 is 5.32 Å². The summed E-state index contributed by atoms with van der Waals surface area (Å²) < 4.78 is 28.2. The molecule has 0 fully saturated rings. The van der Waals surface area contributed by atoms with Crippen LogP contribution in [0.25, 0.3) is 22.0 Å². The topological polar surface area (TPSA) is 65.2 Å². The Bertz CT molecular complexity index is 1670. The first-order chi connectivity index (χ1) is 20.0. The van der Waals surface area contributed by atoms with E-state index < -0.39 is 17.5 Å². The number of para-hydroxylation sites is 1. The summed E-state index contributed by atoms with van der Waals surface area (Å²) >= 11 is 0. The number of rotatable bonds is 10. The quantitative estimate of drug-likeness (QED) is 0.194. The minimum Gasteiger partial charge on any atom is -0.361 e. The predicted octanol–water partition coefficient (Wildman–Crippen LogP) is 7.14. The molecule has 0 spiro atoms. The van der Waals surface area contributed by atoms with Crippen molar-refractivity contribution in [3.05, 3.63) is 131 Å². The highest BCUT2D eigenvalue weighted by atomic mass is 19.1. The SMILES string of the molecule is CCCN(CCc1c[nH]c2ccccc12)C(=O)c1ccccc1-c1ccccc1C(=O)NCc1c(F)cccc1F. The molecule has 0 aliphatic rings. The molecule has 0 aliphatic heterocycles. The van der Waals surface area contributed by atoms with E-state index in [2.05, 4.69) is 16.4 Å². The van der Waals surface area contributed by atoms with E-state index in [1.165, 1.54) is 6.07 Å². The number of H-pyrrole nitrogens is 1. The van der Waals surface area contributed by atoms with Crippen LogP contribution in [0.3, 0.4) is 0 Å². The summed E-state index contributed by atoms with van der Waals surface area (Å²) in [7, 11) is 0. The van der Waals surface area contributed by atoms with Gasteiger partial charge in [0.15, 0.2) is 0 Å². The van der Waals surface area contributed by atoms with Gasteiger partial charge in [0.05, 0.1) is 0 Å². The maximum atomic E-state index is 14.1. The molecule has 1 heterocycles. The molecule has 41 heavy (non-hydrogen) atoms. The van der Waals surface area contributed by atoms with Crippen molar-refractivity contribution in [2.75, 3.05) is 13.1 Å². The molecule has 5 aromatic rings. The van der Waals surface area contributed by atoms with E-state index in [0.29, 0.717) is 41.8 Å². The molecule has 0 bridgehead atoms. The van der Waals surface area contributed by atoms with Gasteiger partial charge in [-0.25, -0.2) is 8.78 Å². The molecule has 2 amide bonds. The number of halogens is 2. The molecule has 5 nitrogen and oxygen atoms in total. The molecule has 208 valence electrons. The number of hydrogen-bond donors (Lipinski definition) is 2. The van der Waals surface area contributed by atoms with Crippen molar-refractivity contribution in [2.45, 2.75) is 26.3 Å². The summed E-state index contributed by atoms with van der Waals surface area (Å²) in [5, 5.41) is 3.78. The average Bonchev–Trinajstić information content (AvgIpc) is 3.41.